The molecule has 172 valence electrons. The average molecular weight is 467 g/mol. The van der Waals surface area contributed by atoms with Crippen LogP contribution in [0.15, 0.2) is 29.5 Å². The number of aromatic nitrogens is 3. The number of aromatic hydroxyl groups is 1. The van der Waals surface area contributed by atoms with E-state index >= 15 is 0 Å². The summed E-state index contributed by atoms with van der Waals surface area (Å²) in [5.41, 5.74) is 2.91. The maximum Gasteiger partial charge on any atom is 0.222 e. The summed E-state index contributed by atoms with van der Waals surface area (Å²) >= 11 is 6.41. The van der Waals surface area contributed by atoms with E-state index < -0.39 is 0 Å². The average Bonchev–Trinajstić information content (AvgIpc) is 3.15. The third kappa shape index (κ3) is 4.53. The van der Waals surface area contributed by atoms with Gasteiger partial charge < -0.3 is 19.9 Å². The van der Waals surface area contributed by atoms with E-state index in [9.17, 15) is 9.90 Å². The highest BCUT2D eigenvalue weighted by molar-refractivity contribution is 6.33. The van der Waals surface area contributed by atoms with Crippen LogP contribution in [0.5, 0.6) is 5.88 Å². The van der Waals surface area contributed by atoms with Crippen molar-refractivity contribution in [2.75, 3.05) is 31.1 Å². The third-order valence-corrected chi connectivity index (χ3v) is 6.79. The van der Waals surface area contributed by atoms with Gasteiger partial charge in [0.15, 0.2) is 5.88 Å². The highest BCUT2D eigenvalue weighted by Crippen LogP contribution is 2.33. The number of piperazine rings is 1. The quantitative estimate of drug-likeness (QED) is 0.517. The van der Waals surface area contributed by atoms with Crippen molar-refractivity contribution < 1.29 is 9.90 Å². The second-order valence-corrected chi connectivity index (χ2v) is 9.04. The fourth-order valence-electron chi connectivity index (χ4n) is 4.61. The van der Waals surface area contributed by atoms with E-state index in [0.717, 1.165) is 37.9 Å². The summed E-state index contributed by atoms with van der Waals surface area (Å²) in [6.45, 7) is 2.67. The topological polar surface area (TPSA) is 97.7 Å². The van der Waals surface area contributed by atoms with E-state index in [4.69, 9.17) is 11.6 Å². The van der Waals surface area contributed by atoms with E-state index in [2.05, 4.69) is 24.8 Å². The van der Waals surface area contributed by atoms with Crippen LogP contribution < -0.4 is 4.90 Å². The standard InChI is InChI=1S/C24H27ClN6O2/c25-18-8-7-16-5-3-1-2-4-6-20(32)30-9-11-31(12-10-30)23-21-17(14-26-19(18)13-16)24(33)29-22(21)27-15-28-23/h7-8,13-15,33H,1-6,9-12H2,(H,27,28,29). The van der Waals surface area contributed by atoms with Gasteiger partial charge in [0.1, 0.15) is 17.8 Å². The predicted molar refractivity (Wildman–Crippen MR) is 130 cm³/mol. The number of aliphatic imine (C=N–C) groups is 1. The van der Waals surface area contributed by atoms with Crippen molar-refractivity contribution in [3.05, 3.63) is 40.7 Å². The summed E-state index contributed by atoms with van der Waals surface area (Å²) in [6.07, 6.45) is 8.78. The van der Waals surface area contributed by atoms with Gasteiger partial charge in [-0.3, -0.25) is 9.79 Å². The summed E-state index contributed by atoms with van der Waals surface area (Å²) in [4.78, 5) is 33.1. The Morgan fingerprint density at radius 1 is 0.970 bits per heavy atom. The fraction of sp³-hybridized carbons (Fsp3) is 0.417. The molecule has 9 heteroatoms. The molecule has 6 rings (SSSR count). The van der Waals surface area contributed by atoms with Gasteiger partial charge in [-0.15, -0.1) is 0 Å². The molecular weight excluding hydrogens is 440 g/mol. The normalized spacial score (nSPS) is 17.8. The first-order valence-corrected chi connectivity index (χ1v) is 11.9. The SMILES string of the molecule is O=C1CCCCCCc2ccc(Cl)c(c2)N=Cc2c(O)[nH]c3ncnc(c23)N2CCN1CC2. The molecule has 0 spiro atoms. The molecule has 2 N–H and O–H groups in total. The van der Waals surface area contributed by atoms with Crippen LogP contribution in [0, 0.1) is 0 Å². The summed E-state index contributed by atoms with van der Waals surface area (Å²) < 4.78 is 0. The van der Waals surface area contributed by atoms with Gasteiger partial charge in [-0.2, -0.15) is 0 Å². The number of hydrogen-bond acceptors (Lipinski definition) is 6. The summed E-state index contributed by atoms with van der Waals surface area (Å²) in [5, 5.41) is 11.9. The molecule has 3 aliphatic rings. The molecule has 0 aliphatic carbocycles. The number of rotatable bonds is 0. The van der Waals surface area contributed by atoms with Crippen LogP contribution in [0.1, 0.15) is 43.2 Å². The Morgan fingerprint density at radius 3 is 2.55 bits per heavy atom. The number of amides is 1. The Hall–Kier alpha value is -3.13. The van der Waals surface area contributed by atoms with Gasteiger partial charge in [0.25, 0.3) is 0 Å². The Balaban J connectivity index is 1.55. The zero-order chi connectivity index (χ0) is 22.8. The van der Waals surface area contributed by atoms with Crippen LogP contribution in [0.4, 0.5) is 11.5 Å². The zero-order valence-electron chi connectivity index (χ0n) is 18.4. The minimum Gasteiger partial charge on any atom is -0.494 e. The smallest absolute Gasteiger partial charge is 0.222 e. The number of fused-ring (bicyclic) bond motifs is 8. The molecule has 1 fully saturated rings. The van der Waals surface area contributed by atoms with Gasteiger partial charge in [0, 0.05) is 38.8 Å². The van der Waals surface area contributed by atoms with Crippen LogP contribution in [0.3, 0.4) is 0 Å². The van der Waals surface area contributed by atoms with Gasteiger partial charge in [-0.25, -0.2) is 9.97 Å². The number of aryl methyl sites for hydroxylation is 1. The highest BCUT2D eigenvalue weighted by atomic mass is 35.5. The van der Waals surface area contributed by atoms with Crippen molar-refractivity contribution in [3.8, 4) is 5.88 Å². The van der Waals surface area contributed by atoms with Gasteiger partial charge in [-0.1, -0.05) is 30.5 Å². The fourth-order valence-corrected chi connectivity index (χ4v) is 4.78. The van der Waals surface area contributed by atoms with Gasteiger partial charge in [0.2, 0.25) is 5.91 Å². The summed E-state index contributed by atoms with van der Waals surface area (Å²) in [5.74, 6) is 0.945. The molecule has 3 aromatic rings. The molecule has 2 aromatic heterocycles. The molecule has 1 aromatic carbocycles. The maximum atomic E-state index is 12.7. The van der Waals surface area contributed by atoms with Gasteiger partial charge in [-0.05, 0) is 37.0 Å². The van der Waals surface area contributed by atoms with Crippen molar-refractivity contribution in [2.45, 2.75) is 38.5 Å². The Kier molecular flexibility index (Phi) is 6.17. The van der Waals surface area contributed by atoms with Crippen LogP contribution in [0.2, 0.25) is 5.02 Å². The zero-order valence-corrected chi connectivity index (χ0v) is 19.2. The number of hydrogen-bond donors (Lipinski definition) is 2. The number of H-pyrrole nitrogens is 1. The predicted octanol–water partition coefficient (Wildman–Crippen LogP) is 4.22. The van der Waals surface area contributed by atoms with E-state index in [0.29, 0.717) is 59.9 Å². The number of carbonyl (C=O) groups excluding carboxylic acids is 1. The first-order chi connectivity index (χ1) is 16.1. The molecule has 1 saturated heterocycles. The molecule has 4 bridgehead atoms. The molecule has 0 radical (unpaired) electrons. The number of nitrogens with zero attached hydrogens (tertiary/aromatic N) is 5. The van der Waals surface area contributed by atoms with Gasteiger partial charge >= 0.3 is 0 Å². The van der Waals surface area contributed by atoms with E-state index in [-0.39, 0.29) is 11.8 Å². The molecule has 0 saturated carbocycles. The molecule has 33 heavy (non-hydrogen) atoms. The van der Waals surface area contributed by atoms with Crippen LogP contribution in [-0.4, -0.2) is 63.3 Å². The number of aromatic amines is 1. The minimum atomic E-state index is -0.0116. The van der Waals surface area contributed by atoms with E-state index in [1.165, 1.54) is 11.9 Å². The Labute approximate surface area is 197 Å². The lowest BCUT2D eigenvalue weighted by Gasteiger charge is -2.35. The van der Waals surface area contributed by atoms with Crippen molar-refractivity contribution in [3.63, 3.8) is 0 Å². The first-order valence-electron chi connectivity index (χ1n) is 11.5. The molecular formula is C24H27ClN6O2. The lowest BCUT2D eigenvalue weighted by atomic mass is 10.0. The van der Waals surface area contributed by atoms with Crippen molar-refractivity contribution in [1.29, 1.82) is 0 Å². The van der Waals surface area contributed by atoms with E-state index in [1.54, 1.807) is 6.21 Å². The Morgan fingerprint density at radius 2 is 1.73 bits per heavy atom. The molecule has 0 atom stereocenters. The largest absolute Gasteiger partial charge is 0.494 e. The maximum absolute atomic E-state index is 12.7. The number of carbonyl (C=O) groups is 1. The number of halogens is 1. The molecule has 8 nitrogen and oxygen atoms in total. The van der Waals surface area contributed by atoms with E-state index in [1.807, 2.05) is 23.1 Å². The van der Waals surface area contributed by atoms with Crippen LogP contribution >= 0.6 is 11.6 Å². The highest BCUT2D eigenvalue weighted by Gasteiger charge is 2.25. The lowest BCUT2D eigenvalue weighted by Crippen LogP contribution is -2.49. The first kappa shape index (κ1) is 21.7. The molecule has 5 heterocycles. The van der Waals surface area contributed by atoms with Gasteiger partial charge in [0.05, 0.1) is 21.7 Å². The second kappa shape index (κ2) is 9.39. The number of anilines is 1. The Bertz CT molecular complexity index is 1200. The monoisotopic (exact) mass is 466 g/mol. The molecule has 3 aliphatic heterocycles. The van der Waals surface area contributed by atoms with Crippen molar-refractivity contribution in [1.82, 2.24) is 19.9 Å². The third-order valence-electron chi connectivity index (χ3n) is 6.47. The molecule has 1 amide bonds. The minimum absolute atomic E-state index is 0.0116. The summed E-state index contributed by atoms with van der Waals surface area (Å²) in [6, 6.07) is 5.89. The summed E-state index contributed by atoms with van der Waals surface area (Å²) in [7, 11) is 0. The molecule has 0 unspecified atom stereocenters. The second-order valence-electron chi connectivity index (χ2n) is 8.63. The van der Waals surface area contributed by atoms with Crippen LogP contribution in [-0.2, 0) is 11.2 Å². The number of nitrogens with one attached hydrogen (secondary N) is 1. The van der Waals surface area contributed by atoms with Crippen molar-refractivity contribution >= 4 is 46.3 Å². The number of benzene rings is 1. The van der Waals surface area contributed by atoms with Crippen LogP contribution in [0.25, 0.3) is 11.0 Å². The van der Waals surface area contributed by atoms with Crippen molar-refractivity contribution in [2.24, 2.45) is 4.99 Å². The lowest BCUT2D eigenvalue weighted by molar-refractivity contribution is -0.131.